The second-order valence-corrected chi connectivity index (χ2v) is 2.23. The van der Waals surface area contributed by atoms with E-state index < -0.39 is 0 Å². The van der Waals surface area contributed by atoms with Crippen molar-refractivity contribution in [3.63, 3.8) is 0 Å². The molecule has 0 saturated carbocycles. The lowest BCUT2D eigenvalue weighted by Gasteiger charge is -2.04. The highest BCUT2D eigenvalue weighted by molar-refractivity contribution is 6.35. The fraction of sp³-hybridized carbons (Fsp3) is 0.143. The van der Waals surface area contributed by atoms with Crippen LogP contribution in [0.15, 0.2) is 12.1 Å². The number of aryl methyl sites for hydroxylation is 1. The van der Waals surface area contributed by atoms with Gasteiger partial charge in [0.25, 0.3) is 0 Å². The van der Waals surface area contributed by atoms with Gasteiger partial charge in [-0.15, -0.1) is 0 Å². The average Bonchev–Trinajstić information content (AvgIpc) is 1.93. The smallest absolute Gasteiger partial charge is 0.131 e. The van der Waals surface area contributed by atoms with E-state index in [1.807, 2.05) is 6.92 Å². The van der Waals surface area contributed by atoms with Gasteiger partial charge in [-0.25, -0.2) is 0 Å². The molecule has 2 nitrogen and oxygen atoms in total. The quantitative estimate of drug-likeness (QED) is 0.299. The maximum absolute atomic E-state index is 9.14. The maximum atomic E-state index is 9.14. The molecule has 0 aromatic heterocycles. The highest BCUT2D eigenvalue weighted by atomic mass is 16.3. The Bertz CT molecular complexity index is 233. The zero-order valence-corrected chi connectivity index (χ0v) is 5.76. The fourth-order valence-electron chi connectivity index (χ4n) is 0.726. The molecule has 2 radical (unpaired) electrons. The Labute approximate surface area is 61.1 Å². The molecule has 0 atom stereocenters. The van der Waals surface area contributed by atoms with Crippen molar-refractivity contribution in [2.45, 2.75) is 6.92 Å². The number of phenols is 1. The first kappa shape index (κ1) is 7.00. The Morgan fingerprint density at radius 2 is 2.10 bits per heavy atom. The molecule has 3 N–H and O–H groups in total. The van der Waals surface area contributed by atoms with E-state index in [0.717, 1.165) is 5.56 Å². The molecule has 0 aliphatic rings. The second kappa shape index (κ2) is 2.25. The summed E-state index contributed by atoms with van der Waals surface area (Å²) in [5, 5.41) is 9.14. The van der Waals surface area contributed by atoms with Gasteiger partial charge < -0.3 is 10.8 Å². The summed E-state index contributed by atoms with van der Waals surface area (Å²) < 4.78 is 0. The fourth-order valence-corrected chi connectivity index (χ4v) is 0.726. The molecule has 0 aliphatic heterocycles. The summed E-state index contributed by atoms with van der Waals surface area (Å²) in [6.07, 6.45) is 0. The van der Waals surface area contributed by atoms with Crippen LogP contribution in [-0.4, -0.2) is 13.0 Å². The van der Waals surface area contributed by atoms with E-state index in [1.165, 1.54) is 0 Å². The number of benzene rings is 1. The molecule has 3 heteroatoms. The Morgan fingerprint density at radius 1 is 1.50 bits per heavy atom. The molecule has 0 spiro atoms. The summed E-state index contributed by atoms with van der Waals surface area (Å²) in [6, 6.07) is 3.39. The van der Waals surface area contributed by atoms with Gasteiger partial charge in [0.1, 0.15) is 13.6 Å². The monoisotopic (exact) mass is 133 g/mol. The minimum atomic E-state index is -0.0139. The first-order chi connectivity index (χ1) is 4.63. The van der Waals surface area contributed by atoms with E-state index in [1.54, 1.807) is 12.1 Å². The molecule has 0 amide bonds. The molecule has 0 fully saturated rings. The highest BCUT2D eigenvalue weighted by Crippen LogP contribution is 2.16. The molecular formula is C7H8BNO. The number of anilines is 1. The molecule has 0 saturated heterocycles. The summed E-state index contributed by atoms with van der Waals surface area (Å²) in [7, 11) is 5.45. The van der Waals surface area contributed by atoms with Crippen molar-refractivity contribution in [2.75, 3.05) is 5.73 Å². The molecule has 1 aromatic rings. The topological polar surface area (TPSA) is 46.2 Å². The van der Waals surface area contributed by atoms with E-state index in [-0.39, 0.29) is 5.75 Å². The second-order valence-electron chi connectivity index (χ2n) is 2.23. The lowest BCUT2D eigenvalue weighted by Crippen LogP contribution is -2.09. The maximum Gasteiger partial charge on any atom is 0.131 e. The molecule has 1 rings (SSSR count). The van der Waals surface area contributed by atoms with Crippen LogP contribution in [0, 0.1) is 6.92 Å². The van der Waals surface area contributed by atoms with Gasteiger partial charge in [0.05, 0.1) is 5.69 Å². The van der Waals surface area contributed by atoms with Crippen molar-refractivity contribution < 1.29 is 5.11 Å². The lowest BCUT2D eigenvalue weighted by molar-refractivity contribution is 0.482. The van der Waals surface area contributed by atoms with Gasteiger partial charge in [-0.2, -0.15) is 0 Å². The zero-order valence-electron chi connectivity index (χ0n) is 5.76. The molecule has 0 heterocycles. The van der Waals surface area contributed by atoms with Crippen LogP contribution in [0.5, 0.6) is 5.75 Å². The van der Waals surface area contributed by atoms with Crippen molar-refractivity contribution in [3.05, 3.63) is 17.7 Å². The van der Waals surface area contributed by atoms with Gasteiger partial charge in [-0.05, 0) is 13.0 Å². The predicted octanol–water partition coefficient (Wildman–Crippen LogP) is 0.0766. The van der Waals surface area contributed by atoms with E-state index in [9.17, 15) is 0 Å². The third kappa shape index (κ3) is 0.945. The van der Waals surface area contributed by atoms with E-state index in [4.69, 9.17) is 18.7 Å². The normalized spacial score (nSPS) is 9.70. The Kier molecular flexibility index (Phi) is 1.58. The van der Waals surface area contributed by atoms with Gasteiger partial charge in [-0.3, -0.25) is 0 Å². The van der Waals surface area contributed by atoms with E-state index in [2.05, 4.69) is 0 Å². The SMILES string of the molecule is [B]c1c(C)ccc(N)c1O. The van der Waals surface area contributed by atoms with Gasteiger partial charge in [0, 0.05) is 0 Å². The summed E-state index contributed by atoms with van der Waals surface area (Å²) in [6.45, 7) is 1.81. The van der Waals surface area contributed by atoms with Crippen molar-refractivity contribution in [2.24, 2.45) is 0 Å². The first-order valence-electron chi connectivity index (χ1n) is 2.96. The van der Waals surface area contributed by atoms with Gasteiger partial charge in [-0.1, -0.05) is 17.1 Å². The minimum absolute atomic E-state index is 0.0139. The highest BCUT2D eigenvalue weighted by Gasteiger charge is 2.00. The van der Waals surface area contributed by atoms with Crippen molar-refractivity contribution >= 4 is 19.0 Å². The van der Waals surface area contributed by atoms with Crippen LogP contribution in [0.25, 0.3) is 0 Å². The number of aromatic hydroxyl groups is 1. The summed E-state index contributed by atoms with van der Waals surface area (Å²) >= 11 is 0. The van der Waals surface area contributed by atoms with Crippen LogP contribution in [0.1, 0.15) is 5.56 Å². The van der Waals surface area contributed by atoms with Crippen LogP contribution >= 0.6 is 0 Å². The molecule has 1 aromatic carbocycles. The third-order valence-electron chi connectivity index (χ3n) is 1.47. The van der Waals surface area contributed by atoms with Crippen LogP contribution in [0.2, 0.25) is 0 Å². The standard InChI is InChI=1S/C7H8BNO/c1-4-2-3-5(9)7(10)6(4)8/h2-3,10H,9H2,1H3. The number of nitrogens with two attached hydrogens (primary N) is 1. The van der Waals surface area contributed by atoms with Gasteiger partial charge in [0.2, 0.25) is 0 Å². The summed E-state index contributed by atoms with van der Waals surface area (Å²) in [5.41, 5.74) is 6.88. The van der Waals surface area contributed by atoms with Crippen LogP contribution < -0.4 is 11.2 Å². The first-order valence-corrected chi connectivity index (χ1v) is 2.96. The van der Waals surface area contributed by atoms with E-state index in [0.29, 0.717) is 11.2 Å². The Balaban J connectivity index is 3.34. The predicted molar refractivity (Wildman–Crippen MR) is 42.6 cm³/mol. The van der Waals surface area contributed by atoms with Gasteiger partial charge >= 0.3 is 0 Å². The zero-order chi connectivity index (χ0) is 7.72. The number of rotatable bonds is 0. The van der Waals surface area contributed by atoms with E-state index >= 15 is 0 Å². The third-order valence-corrected chi connectivity index (χ3v) is 1.47. The van der Waals surface area contributed by atoms with Gasteiger partial charge in [0.15, 0.2) is 0 Å². The number of hydrogen-bond donors (Lipinski definition) is 2. The number of phenolic OH excluding ortho intramolecular Hbond substituents is 1. The van der Waals surface area contributed by atoms with Crippen molar-refractivity contribution in [3.8, 4) is 5.75 Å². The lowest BCUT2D eigenvalue weighted by atomic mass is 9.90. The Morgan fingerprint density at radius 3 is 2.60 bits per heavy atom. The largest absolute Gasteiger partial charge is 0.506 e. The molecule has 50 valence electrons. The number of hydrogen-bond acceptors (Lipinski definition) is 2. The van der Waals surface area contributed by atoms with Crippen LogP contribution in [0.4, 0.5) is 5.69 Å². The van der Waals surface area contributed by atoms with Crippen LogP contribution in [0.3, 0.4) is 0 Å². The molecule has 0 aliphatic carbocycles. The number of nitrogen functional groups attached to an aromatic ring is 1. The average molecular weight is 133 g/mol. The summed E-state index contributed by atoms with van der Waals surface area (Å²) in [5.74, 6) is -0.0139. The van der Waals surface area contributed by atoms with Crippen LogP contribution in [-0.2, 0) is 0 Å². The summed E-state index contributed by atoms with van der Waals surface area (Å²) in [4.78, 5) is 0. The molecule has 0 bridgehead atoms. The van der Waals surface area contributed by atoms with Crippen molar-refractivity contribution in [1.82, 2.24) is 0 Å². The minimum Gasteiger partial charge on any atom is -0.506 e. The molecule has 0 unspecified atom stereocenters. The molecular weight excluding hydrogens is 125 g/mol. The Hall–Kier alpha value is -1.12. The molecule has 10 heavy (non-hydrogen) atoms. The van der Waals surface area contributed by atoms with Crippen molar-refractivity contribution in [1.29, 1.82) is 0 Å².